The van der Waals surface area contributed by atoms with Crippen molar-refractivity contribution in [2.24, 2.45) is 5.92 Å². The summed E-state index contributed by atoms with van der Waals surface area (Å²) >= 11 is 5.80. The molecule has 1 saturated heterocycles. The zero-order valence-corrected chi connectivity index (χ0v) is 13.2. The Balaban J connectivity index is 1.93. The van der Waals surface area contributed by atoms with Gasteiger partial charge in [-0.1, -0.05) is 18.5 Å². The summed E-state index contributed by atoms with van der Waals surface area (Å²) in [5.74, 6) is 0.267. The van der Waals surface area contributed by atoms with Gasteiger partial charge in [0.05, 0.1) is 0 Å². The molecular weight excluding hydrogens is 288 g/mol. The molecule has 5 heteroatoms. The van der Waals surface area contributed by atoms with E-state index in [1.807, 2.05) is 4.90 Å². The fraction of sp³-hybridized carbons (Fsp3) is 0.500. The number of carbonyl (C=O) groups is 2. The van der Waals surface area contributed by atoms with E-state index in [4.69, 9.17) is 11.6 Å². The molecule has 0 spiro atoms. The van der Waals surface area contributed by atoms with Gasteiger partial charge in [0.15, 0.2) is 0 Å². The summed E-state index contributed by atoms with van der Waals surface area (Å²) in [6.45, 7) is 5.44. The number of piperidine rings is 1. The van der Waals surface area contributed by atoms with Gasteiger partial charge in [-0.15, -0.1) is 0 Å². The van der Waals surface area contributed by atoms with Gasteiger partial charge in [-0.25, -0.2) is 0 Å². The molecule has 0 saturated carbocycles. The van der Waals surface area contributed by atoms with Crippen molar-refractivity contribution in [2.45, 2.75) is 32.7 Å². The van der Waals surface area contributed by atoms with Gasteiger partial charge in [0.2, 0.25) is 5.91 Å². The maximum atomic E-state index is 12.4. The number of hydrogen-bond donors (Lipinski definition) is 1. The second-order valence-electron chi connectivity index (χ2n) is 5.73. The molecule has 2 rings (SSSR count). The van der Waals surface area contributed by atoms with Crippen LogP contribution in [-0.2, 0) is 4.79 Å². The molecule has 0 radical (unpaired) electrons. The standard InChI is InChI=1S/C16H21ClN2O2/c1-11-4-3-9-19(10-11)16(21)12(2)18-15(20)13-5-7-14(17)8-6-13/h5-8,11-12H,3-4,9-10H2,1-2H3,(H,18,20). The van der Waals surface area contributed by atoms with Crippen LogP contribution >= 0.6 is 11.6 Å². The summed E-state index contributed by atoms with van der Waals surface area (Å²) in [5, 5.41) is 3.34. The molecule has 2 atom stereocenters. The number of hydrogen-bond acceptors (Lipinski definition) is 2. The second-order valence-corrected chi connectivity index (χ2v) is 6.17. The largest absolute Gasteiger partial charge is 0.341 e. The smallest absolute Gasteiger partial charge is 0.251 e. The third kappa shape index (κ3) is 4.21. The van der Waals surface area contributed by atoms with E-state index in [1.165, 1.54) is 0 Å². The van der Waals surface area contributed by atoms with E-state index in [2.05, 4.69) is 12.2 Å². The Labute approximate surface area is 130 Å². The van der Waals surface area contributed by atoms with Crippen molar-refractivity contribution in [2.75, 3.05) is 13.1 Å². The van der Waals surface area contributed by atoms with E-state index >= 15 is 0 Å². The fourth-order valence-corrected chi connectivity index (χ4v) is 2.73. The molecular formula is C16H21ClN2O2. The van der Waals surface area contributed by atoms with E-state index < -0.39 is 6.04 Å². The van der Waals surface area contributed by atoms with Crippen molar-refractivity contribution in [3.05, 3.63) is 34.9 Å². The van der Waals surface area contributed by atoms with E-state index in [1.54, 1.807) is 31.2 Å². The molecule has 1 fully saturated rings. The maximum Gasteiger partial charge on any atom is 0.251 e. The molecule has 4 nitrogen and oxygen atoms in total. The Morgan fingerprint density at radius 3 is 2.62 bits per heavy atom. The first-order valence-corrected chi connectivity index (χ1v) is 7.70. The molecule has 0 aromatic heterocycles. The van der Waals surface area contributed by atoms with E-state index in [0.29, 0.717) is 16.5 Å². The average Bonchev–Trinajstić information content (AvgIpc) is 2.47. The zero-order valence-electron chi connectivity index (χ0n) is 12.4. The highest BCUT2D eigenvalue weighted by Crippen LogP contribution is 2.16. The molecule has 1 heterocycles. The van der Waals surface area contributed by atoms with Crippen LogP contribution in [0.4, 0.5) is 0 Å². The van der Waals surface area contributed by atoms with Crippen LogP contribution < -0.4 is 5.32 Å². The van der Waals surface area contributed by atoms with Gasteiger partial charge < -0.3 is 10.2 Å². The highest BCUT2D eigenvalue weighted by Gasteiger charge is 2.26. The number of amides is 2. The van der Waals surface area contributed by atoms with Gasteiger partial charge in [0.1, 0.15) is 6.04 Å². The van der Waals surface area contributed by atoms with E-state index in [0.717, 1.165) is 25.9 Å². The highest BCUT2D eigenvalue weighted by atomic mass is 35.5. The Morgan fingerprint density at radius 2 is 2.00 bits per heavy atom. The minimum atomic E-state index is -0.515. The Kier molecular flexibility index (Phi) is 5.23. The molecule has 21 heavy (non-hydrogen) atoms. The Hall–Kier alpha value is -1.55. The van der Waals surface area contributed by atoms with Crippen molar-refractivity contribution in [3.63, 3.8) is 0 Å². The first kappa shape index (κ1) is 15.8. The highest BCUT2D eigenvalue weighted by molar-refractivity contribution is 6.30. The number of carbonyl (C=O) groups excluding carboxylic acids is 2. The molecule has 0 aliphatic carbocycles. The molecule has 114 valence electrons. The summed E-state index contributed by atoms with van der Waals surface area (Å²) < 4.78 is 0. The minimum Gasteiger partial charge on any atom is -0.341 e. The third-order valence-electron chi connectivity index (χ3n) is 3.79. The lowest BCUT2D eigenvalue weighted by atomic mass is 10.00. The quantitative estimate of drug-likeness (QED) is 0.933. The summed E-state index contributed by atoms with van der Waals surface area (Å²) in [6.07, 6.45) is 2.19. The van der Waals surface area contributed by atoms with Gasteiger partial charge in [0.25, 0.3) is 5.91 Å². The summed E-state index contributed by atoms with van der Waals surface area (Å²) in [7, 11) is 0. The minimum absolute atomic E-state index is 0.0103. The number of benzene rings is 1. The monoisotopic (exact) mass is 308 g/mol. The Bertz CT molecular complexity index is 516. The first-order valence-electron chi connectivity index (χ1n) is 7.32. The molecule has 2 amide bonds. The predicted octanol–water partition coefficient (Wildman–Crippen LogP) is 2.72. The number of rotatable bonds is 3. The van der Waals surface area contributed by atoms with Crippen molar-refractivity contribution in [1.82, 2.24) is 10.2 Å². The van der Waals surface area contributed by atoms with Crippen LogP contribution in [0.2, 0.25) is 5.02 Å². The Morgan fingerprint density at radius 1 is 1.33 bits per heavy atom. The van der Waals surface area contributed by atoms with Crippen molar-refractivity contribution >= 4 is 23.4 Å². The summed E-state index contributed by atoms with van der Waals surface area (Å²) in [5.41, 5.74) is 0.506. The zero-order chi connectivity index (χ0) is 15.4. The van der Waals surface area contributed by atoms with Crippen LogP contribution in [0.1, 0.15) is 37.0 Å². The number of halogens is 1. The van der Waals surface area contributed by atoms with Gasteiger partial charge in [-0.05, 0) is 49.9 Å². The van der Waals surface area contributed by atoms with Crippen molar-refractivity contribution in [3.8, 4) is 0 Å². The second kappa shape index (κ2) is 6.94. The normalized spacial score (nSPS) is 20.0. The molecule has 2 unspecified atom stereocenters. The van der Waals surface area contributed by atoms with Crippen LogP contribution in [0.25, 0.3) is 0 Å². The molecule has 1 N–H and O–H groups in total. The number of likely N-dealkylation sites (tertiary alicyclic amines) is 1. The lowest BCUT2D eigenvalue weighted by Crippen LogP contribution is -2.49. The third-order valence-corrected chi connectivity index (χ3v) is 4.05. The molecule has 1 aliphatic rings. The summed E-state index contributed by atoms with van der Waals surface area (Å²) in [6, 6.07) is 6.11. The van der Waals surface area contributed by atoms with Crippen LogP contribution in [0.3, 0.4) is 0 Å². The van der Waals surface area contributed by atoms with Gasteiger partial charge in [-0.2, -0.15) is 0 Å². The lowest BCUT2D eigenvalue weighted by molar-refractivity contribution is -0.134. The van der Waals surface area contributed by atoms with E-state index in [-0.39, 0.29) is 11.8 Å². The van der Waals surface area contributed by atoms with E-state index in [9.17, 15) is 9.59 Å². The van der Waals surface area contributed by atoms with Crippen LogP contribution in [-0.4, -0.2) is 35.8 Å². The van der Waals surface area contributed by atoms with Gasteiger partial charge in [-0.3, -0.25) is 9.59 Å². The van der Waals surface area contributed by atoms with Crippen LogP contribution in [0, 0.1) is 5.92 Å². The van der Waals surface area contributed by atoms with Gasteiger partial charge >= 0.3 is 0 Å². The molecule has 1 aromatic rings. The maximum absolute atomic E-state index is 12.4. The average molecular weight is 309 g/mol. The number of nitrogens with zero attached hydrogens (tertiary/aromatic N) is 1. The van der Waals surface area contributed by atoms with Crippen molar-refractivity contribution < 1.29 is 9.59 Å². The van der Waals surface area contributed by atoms with Crippen LogP contribution in [0.15, 0.2) is 24.3 Å². The fourth-order valence-electron chi connectivity index (χ4n) is 2.61. The van der Waals surface area contributed by atoms with Crippen molar-refractivity contribution in [1.29, 1.82) is 0 Å². The molecule has 1 aliphatic heterocycles. The summed E-state index contributed by atoms with van der Waals surface area (Å²) in [4.78, 5) is 26.3. The van der Waals surface area contributed by atoms with Crippen LogP contribution in [0.5, 0.6) is 0 Å². The van der Waals surface area contributed by atoms with Gasteiger partial charge in [0, 0.05) is 23.7 Å². The predicted molar refractivity (Wildman–Crippen MR) is 83.4 cm³/mol. The molecule has 0 bridgehead atoms. The lowest BCUT2D eigenvalue weighted by Gasteiger charge is -2.32. The molecule has 1 aromatic carbocycles. The number of nitrogens with one attached hydrogen (secondary N) is 1. The topological polar surface area (TPSA) is 49.4 Å². The SMILES string of the molecule is CC1CCCN(C(=O)C(C)NC(=O)c2ccc(Cl)cc2)C1. The first-order chi connectivity index (χ1) is 9.97.